The maximum Gasteiger partial charge on any atom is 0.228 e. The number of amides is 1. The highest BCUT2D eigenvalue weighted by molar-refractivity contribution is 9.10. The van der Waals surface area contributed by atoms with E-state index in [4.69, 9.17) is 0 Å². The summed E-state index contributed by atoms with van der Waals surface area (Å²) < 4.78 is 0.785. The third-order valence-electron chi connectivity index (χ3n) is 4.06. The predicted molar refractivity (Wildman–Crippen MR) is 115 cm³/mol. The van der Waals surface area contributed by atoms with Crippen molar-refractivity contribution in [3.05, 3.63) is 94.0 Å². The highest BCUT2D eigenvalue weighted by atomic mass is 79.9. The first-order valence-electron chi connectivity index (χ1n) is 8.39. The lowest BCUT2D eigenvalue weighted by atomic mass is 10.0. The van der Waals surface area contributed by atoms with Crippen molar-refractivity contribution in [2.45, 2.75) is 11.3 Å². The summed E-state index contributed by atoms with van der Waals surface area (Å²) in [5.41, 5.74) is 2.48. The molecule has 0 fully saturated rings. The number of benzene rings is 3. The van der Waals surface area contributed by atoms with Gasteiger partial charge in [0.25, 0.3) is 0 Å². The van der Waals surface area contributed by atoms with Crippen LogP contribution in [-0.2, 0) is 11.2 Å². The molecule has 5 heteroatoms. The molecule has 0 aliphatic rings. The van der Waals surface area contributed by atoms with Gasteiger partial charge < -0.3 is 5.32 Å². The van der Waals surface area contributed by atoms with E-state index in [2.05, 4.69) is 21.2 Å². The fraction of sp³-hybridized carbons (Fsp3) is 0.0909. The number of hydrogen-bond acceptors (Lipinski definition) is 3. The van der Waals surface area contributed by atoms with Crippen LogP contribution in [0.15, 0.2) is 82.2 Å². The molecule has 3 aromatic carbocycles. The number of ketones is 1. The van der Waals surface area contributed by atoms with Crippen LogP contribution in [0.3, 0.4) is 0 Å². The van der Waals surface area contributed by atoms with Gasteiger partial charge in [0.2, 0.25) is 5.91 Å². The van der Waals surface area contributed by atoms with Crippen molar-refractivity contribution in [3.8, 4) is 0 Å². The Hall–Kier alpha value is -2.37. The summed E-state index contributed by atoms with van der Waals surface area (Å²) in [4.78, 5) is 26.5. The van der Waals surface area contributed by atoms with Crippen LogP contribution in [0.4, 0.5) is 5.69 Å². The van der Waals surface area contributed by atoms with E-state index in [0.717, 1.165) is 14.9 Å². The second-order valence-corrected chi connectivity index (χ2v) is 7.75. The quantitative estimate of drug-likeness (QED) is 0.402. The van der Waals surface area contributed by atoms with Gasteiger partial charge >= 0.3 is 0 Å². The van der Waals surface area contributed by atoms with Gasteiger partial charge in [-0.3, -0.25) is 9.59 Å². The highest BCUT2D eigenvalue weighted by Gasteiger charge is 2.16. The van der Waals surface area contributed by atoms with E-state index in [-0.39, 0.29) is 18.1 Å². The summed E-state index contributed by atoms with van der Waals surface area (Å²) in [5.74, 6) is -0.284. The minimum absolute atomic E-state index is 0.128. The largest absolute Gasteiger partial charge is 0.325 e. The van der Waals surface area contributed by atoms with E-state index < -0.39 is 0 Å². The number of halogens is 1. The SMILES string of the molecule is CSc1ccc(CC(=O)Nc2ccc(Br)cc2C(=O)c2ccccc2)cc1. The average molecular weight is 440 g/mol. The van der Waals surface area contributed by atoms with Crippen molar-refractivity contribution in [3.63, 3.8) is 0 Å². The lowest BCUT2D eigenvalue weighted by Crippen LogP contribution is -2.17. The van der Waals surface area contributed by atoms with Crippen molar-refractivity contribution in [1.29, 1.82) is 0 Å². The molecule has 0 unspecified atom stereocenters. The molecule has 3 rings (SSSR count). The van der Waals surface area contributed by atoms with Crippen LogP contribution in [-0.4, -0.2) is 17.9 Å². The Morgan fingerprint density at radius 1 is 0.963 bits per heavy atom. The van der Waals surface area contributed by atoms with Gasteiger partial charge in [-0.2, -0.15) is 0 Å². The first-order chi connectivity index (χ1) is 13.1. The molecule has 1 amide bonds. The highest BCUT2D eigenvalue weighted by Crippen LogP contribution is 2.24. The van der Waals surface area contributed by atoms with Gasteiger partial charge in [0.15, 0.2) is 5.78 Å². The molecule has 27 heavy (non-hydrogen) atoms. The molecule has 0 radical (unpaired) electrons. The summed E-state index contributed by atoms with van der Waals surface area (Å²) in [6.45, 7) is 0. The second kappa shape index (κ2) is 9.02. The van der Waals surface area contributed by atoms with E-state index in [0.29, 0.717) is 16.8 Å². The molecule has 3 aromatic rings. The predicted octanol–water partition coefficient (Wildman–Crippen LogP) is 5.58. The number of anilines is 1. The summed E-state index contributed by atoms with van der Waals surface area (Å²) >= 11 is 5.06. The average Bonchev–Trinajstić information content (AvgIpc) is 2.70. The van der Waals surface area contributed by atoms with Gasteiger partial charge in [-0.1, -0.05) is 58.4 Å². The minimum atomic E-state index is -0.156. The van der Waals surface area contributed by atoms with Crippen LogP contribution in [0, 0.1) is 0 Å². The zero-order chi connectivity index (χ0) is 19.2. The molecule has 0 aliphatic heterocycles. The fourth-order valence-electron chi connectivity index (χ4n) is 2.68. The first kappa shape index (κ1) is 19.4. The molecular formula is C22H18BrNO2S. The van der Waals surface area contributed by atoms with Crippen molar-refractivity contribution < 1.29 is 9.59 Å². The van der Waals surface area contributed by atoms with E-state index in [1.165, 1.54) is 0 Å². The molecule has 0 aliphatic carbocycles. The van der Waals surface area contributed by atoms with E-state index in [1.54, 1.807) is 36.0 Å². The molecule has 0 spiro atoms. The Labute approximate surface area is 171 Å². The Bertz CT molecular complexity index is 956. The van der Waals surface area contributed by atoms with Crippen molar-refractivity contribution >= 4 is 45.1 Å². The topological polar surface area (TPSA) is 46.2 Å². The van der Waals surface area contributed by atoms with Crippen LogP contribution in [0.5, 0.6) is 0 Å². The standard InChI is InChI=1S/C22H18BrNO2S/c1-27-18-10-7-15(8-11-18)13-21(25)24-20-12-9-17(23)14-19(20)22(26)16-5-3-2-4-6-16/h2-12,14H,13H2,1H3,(H,24,25). The molecule has 0 heterocycles. The molecule has 3 nitrogen and oxygen atoms in total. The van der Waals surface area contributed by atoms with Crippen LogP contribution in [0.2, 0.25) is 0 Å². The van der Waals surface area contributed by atoms with E-state index >= 15 is 0 Å². The zero-order valence-corrected chi connectivity index (χ0v) is 17.1. The number of carbonyl (C=O) groups is 2. The molecule has 136 valence electrons. The first-order valence-corrected chi connectivity index (χ1v) is 10.4. The molecule has 0 atom stereocenters. The number of nitrogens with one attached hydrogen (secondary N) is 1. The van der Waals surface area contributed by atoms with Crippen LogP contribution in [0.1, 0.15) is 21.5 Å². The molecule has 0 bridgehead atoms. The van der Waals surface area contributed by atoms with Gasteiger partial charge in [-0.15, -0.1) is 11.8 Å². The second-order valence-electron chi connectivity index (χ2n) is 5.96. The van der Waals surface area contributed by atoms with Gasteiger partial charge in [-0.25, -0.2) is 0 Å². The third-order valence-corrected chi connectivity index (χ3v) is 5.30. The lowest BCUT2D eigenvalue weighted by Gasteiger charge is -2.11. The van der Waals surface area contributed by atoms with Gasteiger partial charge in [-0.05, 0) is 42.2 Å². The smallest absolute Gasteiger partial charge is 0.228 e. The Morgan fingerprint density at radius 3 is 2.33 bits per heavy atom. The molecule has 0 saturated heterocycles. The number of thioether (sulfide) groups is 1. The molecule has 1 N–H and O–H groups in total. The Morgan fingerprint density at radius 2 is 1.67 bits per heavy atom. The monoisotopic (exact) mass is 439 g/mol. The summed E-state index contributed by atoms with van der Waals surface area (Å²) in [5, 5.41) is 2.88. The van der Waals surface area contributed by atoms with Crippen molar-refractivity contribution in [2.24, 2.45) is 0 Å². The number of carbonyl (C=O) groups excluding carboxylic acids is 2. The van der Waals surface area contributed by atoms with E-state index in [1.807, 2.05) is 54.8 Å². The summed E-state index contributed by atoms with van der Waals surface area (Å²) in [6.07, 6.45) is 2.27. The Kier molecular flexibility index (Phi) is 6.48. The molecular weight excluding hydrogens is 422 g/mol. The van der Waals surface area contributed by atoms with Gasteiger partial charge in [0.1, 0.15) is 0 Å². The van der Waals surface area contributed by atoms with Crippen LogP contribution < -0.4 is 5.32 Å². The summed E-state index contributed by atoms with van der Waals surface area (Å²) in [7, 11) is 0. The summed E-state index contributed by atoms with van der Waals surface area (Å²) in [6, 6.07) is 22.2. The van der Waals surface area contributed by atoms with E-state index in [9.17, 15) is 9.59 Å². The van der Waals surface area contributed by atoms with Crippen LogP contribution in [0.25, 0.3) is 0 Å². The van der Waals surface area contributed by atoms with Crippen molar-refractivity contribution in [2.75, 3.05) is 11.6 Å². The van der Waals surface area contributed by atoms with Gasteiger partial charge in [0, 0.05) is 20.5 Å². The fourth-order valence-corrected chi connectivity index (χ4v) is 3.45. The molecule has 0 saturated carbocycles. The van der Waals surface area contributed by atoms with Crippen LogP contribution >= 0.6 is 27.7 Å². The normalized spacial score (nSPS) is 10.4. The lowest BCUT2D eigenvalue weighted by molar-refractivity contribution is -0.115. The maximum atomic E-state index is 12.9. The molecule has 0 aromatic heterocycles. The zero-order valence-electron chi connectivity index (χ0n) is 14.7. The number of rotatable bonds is 6. The maximum absolute atomic E-state index is 12.9. The van der Waals surface area contributed by atoms with Crippen molar-refractivity contribution in [1.82, 2.24) is 0 Å². The third kappa shape index (κ3) is 5.08. The van der Waals surface area contributed by atoms with Gasteiger partial charge in [0.05, 0.1) is 12.1 Å². The minimum Gasteiger partial charge on any atom is -0.325 e. The number of hydrogen-bond donors (Lipinski definition) is 1. The Balaban J connectivity index is 1.80.